The summed E-state index contributed by atoms with van der Waals surface area (Å²) in [6.07, 6.45) is 1.60. The summed E-state index contributed by atoms with van der Waals surface area (Å²) in [5.74, 6) is 1.48. The molecule has 188 valence electrons. The number of carbonyl (C=O) groups excluding carboxylic acids is 1. The Hall–Kier alpha value is -3.39. The molecule has 9 heteroatoms. The van der Waals surface area contributed by atoms with Crippen molar-refractivity contribution >= 4 is 29.0 Å². The number of halogens is 2. The zero-order valence-corrected chi connectivity index (χ0v) is 21.0. The molecule has 2 aliphatic rings. The largest absolute Gasteiger partial charge is 0.497 e. The third-order valence-electron chi connectivity index (χ3n) is 7.06. The number of amides is 1. The van der Waals surface area contributed by atoms with Crippen molar-refractivity contribution in [2.45, 2.75) is 12.8 Å². The van der Waals surface area contributed by atoms with Gasteiger partial charge in [-0.05, 0) is 67.4 Å². The molecule has 2 aliphatic heterocycles. The van der Waals surface area contributed by atoms with Gasteiger partial charge in [0, 0.05) is 56.4 Å². The molecule has 0 bridgehead atoms. The Labute approximate surface area is 215 Å². The fraction of sp³-hybridized carbons (Fsp3) is 0.370. The second-order valence-electron chi connectivity index (χ2n) is 9.18. The van der Waals surface area contributed by atoms with E-state index in [0.717, 1.165) is 54.4 Å². The summed E-state index contributed by atoms with van der Waals surface area (Å²) in [6, 6.07) is 16.5. The van der Waals surface area contributed by atoms with Crippen LogP contribution in [0.2, 0.25) is 5.02 Å². The van der Waals surface area contributed by atoms with E-state index >= 15 is 0 Å². The third kappa shape index (κ3) is 5.23. The van der Waals surface area contributed by atoms with Crippen molar-refractivity contribution in [2.75, 3.05) is 56.2 Å². The van der Waals surface area contributed by atoms with Crippen LogP contribution in [-0.2, 0) is 4.79 Å². The zero-order valence-electron chi connectivity index (χ0n) is 20.2. The standard InChI is InChI=1S/C27H29ClFN5O2/c1-36-22-5-2-19(3-6-22)25-8-9-26(31-30-25)33-12-10-20(11-13-33)27(35)34-16-14-32(15-17-34)21-4-7-24(29)23(28)18-21/h2-9,18,20H,10-17H2,1H3. The topological polar surface area (TPSA) is 61.8 Å². The molecule has 5 rings (SSSR count). The lowest BCUT2D eigenvalue weighted by Crippen LogP contribution is -2.51. The lowest BCUT2D eigenvalue weighted by Gasteiger charge is -2.39. The average Bonchev–Trinajstić information content (AvgIpc) is 2.94. The molecule has 1 aromatic heterocycles. The maximum atomic E-state index is 13.5. The molecule has 0 spiro atoms. The van der Waals surface area contributed by atoms with Crippen LogP contribution in [0.25, 0.3) is 11.3 Å². The van der Waals surface area contributed by atoms with E-state index in [4.69, 9.17) is 16.3 Å². The van der Waals surface area contributed by atoms with Crippen LogP contribution in [0.3, 0.4) is 0 Å². The third-order valence-corrected chi connectivity index (χ3v) is 7.35. The van der Waals surface area contributed by atoms with Crippen LogP contribution >= 0.6 is 11.6 Å². The highest BCUT2D eigenvalue weighted by Crippen LogP contribution is 2.27. The van der Waals surface area contributed by atoms with E-state index in [0.29, 0.717) is 26.2 Å². The van der Waals surface area contributed by atoms with E-state index in [1.165, 1.54) is 6.07 Å². The summed E-state index contributed by atoms with van der Waals surface area (Å²) < 4.78 is 18.7. The number of methoxy groups -OCH3 is 1. The van der Waals surface area contributed by atoms with Crippen molar-refractivity contribution < 1.29 is 13.9 Å². The fourth-order valence-electron chi connectivity index (χ4n) is 4.89. The summed E-state index contributed by atoms with van der Waals surface area (Å²) in [7, 11) is 1.65. The van der Waals surface area contributed by atoms with Crippen LogP contribution in [0.1, 0.15) is 12.8 Å². The Morgan fingerprint density at radius 2 is 1.64 bits per heavy atom. The zero-order chi connectivity index (χ0) is 25.1. The number of rotatable bonds is 5. The van der Waals surface area contributed by atoms with E-state index < -0.39 is 5.82 Å². The van der Waals surface area contributed by atoms with Crippen LogP contribution in [-0.4, -0.2) is 67.4 Å². The van der Waals surface area contributed by atoms with Crippen LogP contribution in [0.15, 0.2) is 54.6 Å². The number of piperazine rings is 1. The molecule has 0 atom stereocenters. The highest BCUT2D eigenvalue weighted by Gasteiger charge is 2.31. The van der Waals surface area contributed by atoms with E-state index in [9.17, 15) is 9.18 Å². The molecule has 36 heavy (non-hydrogen) atoms. The molecule has 2 aromatic carbocycles. The van der Waals surface area contributed by atoms with Gasteiger partial charge in [-0.25, -0.2) is 4.39 Å². The van der Waals surface area contributed by atoms with Crippen molar-refractivity contribution in [3.05, 3.63) is 65.4 Å². The van der Waals surface area contributed by atoms with Gasteiger partial charge in [0.25, 0.3) is 0 Å². The highest BCUT2D eigenvalue weighted by molar-refractivity contribution is 6.31. The number of anilines is 2. The van der Waals surface area contributed by atoms with Crippen molar-refractivity contribution in [1.82, 2.24) is 15.1 Å². The fourth-order valence-corrected chi connectivity index (χ4v) is 5.06. The van der Waals surface area contributed by atoms with E-state index in [1.807, 2.05) is 41.3 Å². The van der Waals surface area contributed by atoms with Gasteiger partial charge in [-0.15, -0.1) is 10.2 Å². The van der Waals surface area contributed by atoms with E-state index in [-0.39, 0.29) is 16.8 Å². The molecule has 0 aliphatic carbocycles. The number of piperidine rings is 1. The van der Waals surface area contributed by atoms with Gasteiger partial charge in [-0.2, -0.15) is 0 Å². The van der Waals surface area contributed by atoms with Crippen LogP contribution in [0, 0.1) is 11.7 Å². The normalized spacial score (nSPS) is 16.8. The Balaban J connectivity index is 1.12. The monoisotopic (exact) mass is 509 g/mol. The highest BCUT2D eigenvalue weighted by atomic mass is 35.5. The van der Waals surface area contributed by atoms with Gasteiger partial charge in [0.2, 0.25) is 5.91 Å². The first-order chi connectivity index (χ1) is 17.5. The first kappa shape index (κ1) is 24.3. The minimum absolute atomic E-state index is 0.0274. The molecular formula is C27H29ClFN5O2. The van der Waals surface area contributed by atoms with Gasteiger partial charge < -0.3 is 19.4 Å². The molecule has 1 amide bonds. The minimum atomic E-state index is -0.417. The smallest absolute Gasteiger partial charge is 0.225 e. The molecular weight excluding hydrogens is 481 g/mol. The predicted octanol–water partition coefficient (Wildman–Crippen LogP) is 4.51. The van der Waals surface area contributed by atoms with Gasteiger partial charge in [0.1, 0.15) is 11.6 Å². The van der Waals surface area contributed by atoms with Crippen molar-refractivity contribution in [3.63, 3.8) is 0 Å². The quantitative estimate of drug-likeness (QED) is 0.504. The van der Waals surface area contributed by atoms with Crippen molar-refractivity contribution in [1.29, 1.82) is 0 Å². The predicted molar refractivity (Wildman–Crippen MR) is 139 cm³/mol. The van der Waals surface area contributed by atoms with Gasteiger partial charge in [-0.3, -0.25) is 4.79 Å². The summed E-state index contributed by atoms with van der Waals surface area (Å²) in [5, 5.41) is 8.97. The maximum Gasteiger partial charge on any atom is 0.225 e. The Kier molecular flexibility index (Phi) is 7.23. The number of hydrogen-bond acceptors (Lipinski definition) is 6. The average molecular weight is 510 g/mol. The molecule has 0 unspecified atom stereocenters. The molecule has 3 heterocycles. The summed E-state index contributed by atoms with van der Waals surface area (Å²) in [5.41, 5.74) is 2.69. The molecule has 7 nitrogen and oxygen atoms in total. The Morgan fingerprint density at radius 3 is 2.25 bits per heavy atom. The maximum absolute atomic E-state index is 13.5. The SMILES string of the molecule is COc1ccc(-c2ccc(N3CCC(C(=O)N4CCN(c5ccc(F)c(Cl)c5)CC4)CC3)nn2)cc1. The molecule has 0 saturated carbocycles. The Bertz CT molecular complexity index is 1190. The second-order valence-corrected chi connectivity index (χ2v) is 9.58. The van der Waals surface area contributed by atoms with E-state index in [2.05, 4.69) is 20.0 Å². The number of ether oxygens (including phenoxy) is 1. The molecule has 0 radical (unpaired) electrons. The minimum Gasteiger partial charge on any atom is -0.497 e. The summed E-state index contributed by atoms with van der Waals surface area (Å²) in [4.78, 5) is 19.5. The second kappa shape index (κ2) is 10.7. The summed E-state index contributed by atoms with van der Waals surface area (Å²) >= 11 is 5.93. The summed E-state index contributed by atoms with van der Waals surface area (Å²) in [6.45, 7) is 4.30. The number of benzene rings is 2. The number of carbonyl (C=O) groups is 1. The van der Waals surface area contributed by atoms with Crippen LogP contribution < -0.4 is 14.5 Å². The van der Waals surface area contributed by atoms with Gasteiger partial charge in [0.15, 0.2) is 5.82 Å². The first-order valence-electron chi connectivity index (χ1n) is 12.2. The van der Waals surface area contributed by atoms with E-state index in [1.54, 1.807) is 19.2 Å². The van der Waals surface area contributed by atoms with Crippen LogP contribution in [0.5, 0.6) is 5.75 Å². The van der Waals surface area contributed by atoms with Gasteiger partial charge >= 0.3 is 0 Å². The molecule has 0 N–H and O–H groups in total. The molecule has 2 fully saturated rings. The van der Waals surface area contributed by atoms with Gasteiger partial charge in [-0.1, -0.05) is 11.6 Å². The number of hydrogen-bond donors (Lipinski definition) is 0. The Morgan fingerprint density at radius 1 is 0.917 bits per heavy atom. The first-order valence-corrected chi connectivity index (χ1v) is 12.6. The van der Waals surface area contributed by atoms with Crippen molar-refractivity contribution in [2.24, 2.45) is 5.92 Å². The van der Waals surface area contributed by atoms with Gasteiger partial charge in [0.05, 0.1) is 17.8 Å². The number of nitrogens with zero attached hydrogens (tertiary/aromatic N) is 5. The number of aromatic nitrogens is 2. The molecule has 2 saturated heterocycles. The lowest BCUT2D eigenvalue weighted by atomic mass is 9.95. The lowest BCUT2D eigenvalue weighted by molar-refractivity contribution is -0.136. The molecule has 3 aromatic rings. The van der Waals surface area contributed by atoms with Crippen molar-refractivity contribution in [3.8, 4) is 17.0 Å². The van der Waals surface area contributed by atoms with Crippen LogP contribution in [0.4, 0.5) is 15.9 Å².